The second-order valence-electron chi connectivity index (χ2n) is 3.11. The minimum Gasteiger partial charge on any atom is -0.491 e. The van der Waals surface area contributed by atoms with Gasteiger partial charge in [-0.1, -0.05) is 0 Å². The summed E-state index contributed by atoms with van der Waals surface area (Å²) in [5.74, 6) is -0.287. The monoisotopic (exact) mass is 258 g/mol. The Morgan fingerprint density at radius 2 is 2.14 bits per heavy atom. The Labute approximate surface area is 90.8 Å². The Morgan fingerprint density at radius 3 is 2.57 bits per heavy atom. The average Bonchev–Trinajstić information content (AvgIpc) is 2.01. The van der Waals surface area contributed by atoms with Crippen LogP contribution in [0.3, 0.4) is 0 Å². The van der Waals surface area contributed by atoms with E-state index in [-0.39, 0.29) is 11.7 Å². The van der Waals surface area contributed by atoms with Gasteiger partial charge in [0.25, 0.3) is 0 Å². The second kappa shape index (κ2) is 4.46. The van der Waals surface area contributed by atoms with Gasteiger partial charge >= 0.3 is 5.97 Å². The minimum atomic E-state index is -0.951. The van der Waals surface area contributed by atoms with Crippen LogP contribution in [0, 0.1) is 0 Å². The zero-order valence-corrected chi connectivity index (χ0v) is 9.54. The molecule has 0 heterocycles. The SMILES string of the molecule is CC(C)Oc1ccc(C(=O)O)c(Br)c1. The molecule has 0 aliphatic heterocycles. The summed E-state index contributed by atoms with van der Waals surface area (Å²) in [7, 11) is 0. The van der Waals surface area contributed by atoms with Crippen molar-refractivity contribution in [2.45, 2.75) is 20.0 Å². The molecule has 0 radical (unpaired) electrons. The highest BCUT2D eigenvalue weighted by Crippen LogP contribution is 2.23. The zero-order valence-electron chi connectivity index (χ0n) is 7.95. The van der Waals surface area contributed by atoms with Crippen LogP contribution in [-0.2, 0) is 0 Å². The van der Waals surface area contributed by atoms with E-state index in [2.05, 4.69) is 15.9 Å². The first kappa shape index (κ1) is 11.0. The van der Waals surface area contributed by atoms with Crippen molar-refractivity contribution in [2.24, 2.45) is 0 Å². The van der Waals surface area contributed by atoms with Gasteiger partial charge in [0.05, 0.1) is 11.7 Å². The van der Waals surface area contributed by atoms with Gasteiger partial charge in [-0.2, -0.15) is 0 Å². The predicted molar refractivity (Wildman–Crippen MR) is 56.9 cm³/mol. The largest absolute Gasteiger partial charge is 0.491 e. The van der Waals surface area contributed by atoms with Gasteiger partial charge in [0.1, 0.15) is 5.75 Å². The lowest BCUT2D eigenvalue weighted by Crippen LogP contribution is -2.06. The summed E-state index contributed by atoms with van der Waals surface area (Å²) in [5, 5.41) is 8.77. The fourth-order valence-corrected chi connectivity index (χ4v) is 1.54. The summed E-state index contributed by atoms with van der Waals surface area (Å²) in [6.45, 7) is 3.83. The van der Waals surface area contributed by atoms with Gasteiger partial charge in [0, 0.05) is 4.47 Å². The first-order valence-electron chi connectivity index (χ1n) is 4.20. The van der Waals surface area contributed by atoms with Crippen LogP contribution in [0.4, 0.5) is 0 Å². The van der Waals surface area contributed by atoms with Gasteiger partial charge < -0.3 is 9.84 Å². The van der Waals surface area contributed by atoms with Crippen LogP contribution < -0.4 is 4.74 Å². The molecule has 0 spiro atoms. The molecule has 0 saturated carbocycles. The highest BCUT2D eigenvalue weighted by atomic mass is 79.9. The minimum absolute atomic E-state index is 0.0811. The highest BCUT2D eigenvalue weighted by molar-refractivity contribution is 9.10. The molecule has 0 fully saturated rings. The Hall–Kier alpha value is -1.03. The molecular weight excluding hydrogens is 248 g/mol. The summed E-state index contributed by atoms with van der Waals surface area (Å²) in [5.41, 5.74) is 0.237. The van der Waals surface area contributed by atoms with Gasteiger partial charge in [-0.15, -0.1) is 0 Å². The molecule has 1 N–H and O–H groups in total. The molecule has 0 aliphatic carbocycles. The molecule has 1 aromatic carbocycles. The number of carboxylic acid groups (broad SMARTS) is 1. The first-order valence-corrected chi connectivity index (χ1v) is 4.99. The topological polar surface area (TPSA) is 46.5 Å². The van der Waals surface area contributed by atoms with Crippen molar-refractivity contribution < 1.29 is 14.6 Å². The van der Waals surface area contributed by atoms with Crippen molar-refractivity contribution in [1.82, 2.24) is 0 Å². The number of hydrogen-bond donors (Lipinski definition) is 1. The third kappa shape index (κ3) is 2.73. The van der Waals surface area contributed by atoms with Crippen molar-refractivity contribution in [1.29, 1.82) is 0 Å². The van der Waals surface area contributed by atoms with E-state index in [1.165, 1.54) is 6.07 Å². The Kier molecular flexibility index (Phi) is 3.52. The number of halogens is 1. The number of carboxylic acids is 1. The van der Waals surface area contributed by atoms with Crippen molar-refractivity contribution >= 4 is 21.9 Å². The molecule has 1 aromatic rings. The third-order valence-corrected chi connectivity index (χ3v) is 2.20. The van der Waals surface area contributed by atoms with Crippen LogP contribution in [0.25, 0.3) is 0 Å². The summed E-state index contributed by atoms with van der Waals surface area (Å²) in [6.07, 6.45) is 0.0811. The smallest absolute Gasteiger partial charge is 0.336 e. The van der Waals surface area contributed by atoms with Crippen LogP contribution in [-0.4, -0.2) is 17.2 Å². The number of rotatable bonds is 3. The van der Waals surface area contributed by atoms with Gasteiger partial charge in [-0.25, -0.2) is 4.79 Å². The lowest BCUT2D eigenvalue weighted by Gasteiger charge is -2.10. The van der Waals surface area contributed by atoms with Gasteiger partial charge in [0.15, 0.2) is 0 Å². The fourth-order valence-electron chi connectivity index (χ4n) is 1.01. The van der Waals surface area contributed by atoms with Crippen LogP contribution in [0.1, 0.15) is 24.2 Å². The van der Waals surface area contributed by atoms with Gasteiger partial charge in [0.2, 0.25) is 0 Å². The average molecular weight is 259 g/mol. The summed E-state index contributed by atoms with van der Waals surface area (Å²) in [6, 6.07) is 4.82. The Balaban J connectivity index is 2.94. The van der Waals surface area contributed by atoms with Crippen molar-refractivity contribution in [3.63, 3.8) is 0 Å². The standard InChI is InChI=1S/C10H11BrO3/c1-6(2)14-7-3-4-8(10(12)13)9(11)5-7/h3-6H,1-2H3,(H,12,13). The van der Waals surface area contributed by atoms with E-state index >= 15 is 0 Å². The maximum atomic E-state index is 10.7. The molecule has 1 rings (SSSR count). The molecule has 0 saturated heterocycles. The number of aromatic carboxylic acids is 1. The van der Waals surface area contributed by atoms with E-state index < -0.39 is 5.97 Å². The molecule has 0 aliphatic rings. The normalized spacial score (nSPS) is 10.3. The molecule has 0 aromatic heterocycles. The molecule has 76 valence electrons. The summed E-state index contributed by atoms with van der Waals surface area (Å²) in [4.78, 5) is 10.7. The van der Waals surface area contributed by atoms with E-state index in [9.17, 15) is 4.79 Å². The first-order chi connectivity index (χ1) is 6.50. The third-order valence-electron chi connectivity index (χ3n) is 1.54. The van der Waals surface area contributed by atoms with E-state index in [4.69, 9.17) is 9.84 Å². The lowest BCUT2D eigenvalue weighted by molar-refractivity contribution is 0.0696. The van der Waals surface area contributed by atoms with Crippen molar-refractivity contribution in [3.05, 3.63) is 28.2 Å². The predicted octanol–water partition coefficient (Wildman–Crippen LogP) is 2.93. The number of benzene rings is 1. The summed E-state index contributed by atoms with van der Waals surface area (Å²) < 4.78 is 5.94. The molecular formula is C10H11BrO3. The summed E-state index contributed by atoms with van der Waals surface area (Å²) >= 11 is 3.18. The molecule has 0 atom stereocenters. The molecule has 0 amide bonds. The molecule has 0 bridgehead atoms. The van der Waals surface area contributed by atoms with Gasteiger partial charge in [-0.05, 0) is 48.0 Å². The van der Waals surface area contributed by atoms with Crippen LogP contribution in [0.2, 0.25) is 0 Å². The number of ether oxygens (including phenoxy) is 1. The number of carbonyl (C=O) groups is 1. The van der Waals surface area contributed by atoms with Crippen LogP contribution in [0.15, 0.2) is 22.7 Å². The van der Waals surface area contributed by atoms with Gasteiger partial charge in [-0.3, -0.25) is 0 Å². The molecule has 3 nitrogen and oxygen atoms in total. The van der Waals surface area contributed by atoms with Crippen LogP contribution >= 0.6 is 15.9 Å². The van der Waals surface area contributed by atoms with E-state index in [0.717, 1.165) is 0 Å². The fraction of sp³-hybridized carbons (Fsp3) is 0.300. The Morgan fingerprint density at radius 1 is 1.50 bits per heavy atom. The van der Waals surface area contributed by atoms with Crippen molar-refractivity contribution in [3.8, 4) is 5.75 Å². The zero-order chi connectivity index (χ0) is 10.7. The second-order valence-corrected chi connectivity index (χ2v) is 3.97. The molecule has 0 unspecified atom stereocenters. The van der Waals surface area contributed by atoms with Crippen molar-refractivity contribution in [2.75, 3.05) is 0 Å². The maximum Gasteiger partial charge on any atom is 0.336 e. The van der Waals surface area contributed by atoms with E-state index in [0.29, 0.717) is 10.2 Å². The lowest BCUT2D eigenvalue weighted by atomic mass is 10.2. The maximum absolute atomic E-state index is 10.7. The molecule has 14 heavy (non-hydrogen) atoms. The molecule has 4 heteroatoms. The van der Waals surface area contributed by atoms with Crippen LogP contribution in [0.5, 0.6) is 5.75 Å². The van der Waals surface area contributed by atoms with E-state index in [1.807, 2.05) is 13.8 Å². The quantitative estimate of drug-likeness (QED) is 0.907. The highest BCUT2D eigenvalue weighted by Gasteiger charge is 2.09. The van der Waals surface area contributed by atoms with E-state index in [1.54, 1.807) is 12.1 Å². The Bertz CT molecular complexity index is 347. The number of hydrogen-bond acceptors (Lipinski definition) is 2.